The van der Waals surface area contributed by atoms with Gasteiger partial charge in [-0.3, -0.25) is 4.79 Å². The van der Waals surface area contributed by atoms with Crippen LogP contribution in [-0.2, 0) is 0 Å². The summed E-state index contributed by atoms with van der Waals surface area (Å²) in [5.74, 6) is 0.882. The lowest BCUT2D eigenvalue weighted by molar-refractivity contribution is 0.0741. The zero-order valence-corrected chi connectivity index (χ0v) is 12.1. The van der Waals surface area contributed by atoms with E-state index in [0.717, 1.165) is 10.8 Å². The molecule has 2 aliphatic rings. The molecule has 2 bridgehead atoms. The van der Waals surface area contributed by atoms with Gasteiger partial charge in [0.25, 0.3) is 5.91 Å². The van der Waals surface area contributed by atoms with E-state index >= 15 is 0 Å². The Morgan fingerprint density at radius 2 is 2.22 bits per heavy atom. The molecule has 3 atom stereocenters. The lowest BCUT2D eigenvalue weighted by Gasteiger charge is -2.43. The molecule has 1 aromatic heterocycles. The monoisotopic (exact) mass is 263 g/mol. The second kappa shape index (κ2) is 3.83. The average Bonchev–Trinajstić information content (AvgIpc) is 2.96. The predicted molar refractivity (Wildman–Crippen MR) is 74.8 cm³/mol. The third kappa shape index (κ3) is 1.63. The van der Waals surface area contributed by atoms with E-state index in [4.69, 9.17) is 0 Å². The first kappa shape index (κ1) is 12.2. The van der Waals surface area contributed by atoms with Crippen LogP contribution in [0.5, 0.6) is 0 Å². The maximum atomic E-state index is 12.3. The maximum Gasteiger partial charge on any atom is 0.261 e. The highest BCUT2D eigenvalue weighted by Gasteiger charge is 2.59. The third-order valence-electron chi connectivity index (χ3n) is 5.29. The van der Waals surface area contributed by atoms with Crippen molar-refractivity contribution in [1.82, 2.24) is 5.32 Å². The van der Waals surface area contributed by atoms with Gasteiger partial charge >= 0.3 is 0 Å². The second-order valence-corrected chi connectivity index (χ2v) is 7.75. The molecular formula is C15H21NOS. The van der Waals surface area contributed by atoms with Gasteiger partial charge in [0.05, 0.1) is 4.88 Å². The number of hydrogen-bond acceptors (Lipinski definition) is 2. The number of thiophene rings is 1. The van der Waals surface area contributed by atoms with Crippen LogP contribution in [0.3, 0.4) is 0 Å². The Hall–Kier alpha value is -0.830. The van der Waals surface area contributed by atoms with E-state index < -0.39 is 0 Å². The summed E-state index contributed by atoms with van der Waals surface area (Å²) in [5, 5.41) is 5.28. The fraction of sp³-hybridized carbons (Fsp3) is 0.667. The van der Waals surface area contributed by atoms with Crippen molar-refractivity contribution >= 4 is 17.2 Å². The zero-order chi connectivity index (χ0) is 13.0. The summed E-state index contributed by atoms with van der Waals surface area (Å²) in [6, 6.07) is 4.16. The third-order valence-corrected chi connectivity index (χ3v) is 6.16. The predicted octanol–water partition coefficient (Wildman–Crippen LogP) is 3.69. The van der Waals surface area contributed by atoms with Gasteiger partial charge in [0, 0.05) is 6.04 Å². The smallest absolute Gasteiger partial charge is 0.261 e. The molecule has 0 saturated heterocycles. The fourth-order valence-corrected chi connectivity index (χ4v) is 4.90. The van der Waals surface area contributed by atoms with Gasteiger partial charge in [-0.15, -0.1) is 11.3 Å². The number of nitrogens with one attached hydrogen (secondary N) is 1. The normalized spacial score (nSPS) is 36.8. The number of carbonyl (C=O) groups is 1. The summed E-state index contributed by atoms with van der Waals surface area (Å²) in [4.78, 5) is 13.1. The van der Waals surface area contributed by atoms with E-state index in [-0.39, 0.29) is 11.3 Å². The van der Waals surface area contributed by atoms with E-state index in [9.17, 15) is 4.79 Å². The average molecular weight is 263 g/mol. The molecule has 2 aliphatic carbocycles. The zero-order valence-electron chi connectivity index (χ0n) is 11.3. The molecule has 0 spiro atoms. The lowest BCUT2D eigenvalue weighted by Crippen LogP contribution is -2.52. The second-order valence-electron chi connectivity index (χ2n) is 6.80. The van der Waals surface area contributed by atoms with Gasteiger partial charge in [0.2, 0.25) is 0 Å². The van der Waals surface area contributed by atoms with Gasteiger partial charge < -0.3 is 5.32 Å². The minimum absolute atomic E-state index is 0.108. The highest BCUT2D eigenvalue weighted by molar-refractivity contribution is 7.12. The molecule has 0 radical (unpaired) electrons. The largest absolute Gasteiger partial charge is 0.348 e. The first-order valence-corrected chi connectivity index (χ1v) is 7.66. The molecule has 0 unspecified atom stereocenters. The Morgan fingerprint density at radius 3 is 2.78 bits per heavy atom. The van der Waals surface area contributed by atoms with Crippen LogP contribution < -0.4 is 5.32 Å². The Morgan fingerprint density at radius 1 is 1.44 bits per heavy atom. The van der Waals surface area contributed by atoms with Crippen LogP contribution in [0.25, 0.3) is 0 Å². The molecule has 98 valence electrons. The molecule has 1 amide bonds. The Balaban J connectivity index is 1.82. The quantitative estimate of drug-likeness (QED) is 0.866. The Kier molecular flexibility index (Phi) is 2.60. The number of amides is 1. The molecule has 0 aliphatic heterocycles. The molecule has 2 fully saturated rings. The van der Waals surface area contributed by atoms with Crippen molar-refractivity contribution < 1.29 is 4.79 Å². The molecule has 1 heterocycles. The van der Waals surface area contributed by atoms with Crippen LogP contribution in [0.2, 0.25) is 0 Å². The van der Waals surface area contributed by atoms with Crippen molar-refractivity contribution in [3.05, 3.63) is 22.4 Å². The lowest BCUT2D eigenvalue weighted by atomic mass is 9.68. The van der Waals surface area contributed by atoms with Crippen LogP contribution in [0.15, 0.2) is 17.5 Å². The van der Waals surface area contributed by atoms with E-state index in [1.54, 1.807) is 0 Å². The van der Waals surface area contributed by atoms with Crippen LogP contribution in [-0.4, -0.2) is 11.9 Å². The van der Waals surface area contributed by atoms with Crippen LogP contribution in [0, 0.1) is 16.7 Å². The maximum absolute atomic E-state index is 12.3. The van der Waals surface area contributed by atoms with Gasteiger partial charge in [-0.25, -0.2) is 0 Å². The molecule has 1 N–H and O–H groups in total. The molecule has 2 nitrogen and oxygen atoms in total. The standard InChI is InChI=1S/C15H21NOS/c1-14(2)10-6-7-15(3,9-10)13(14)16-12(17)11-5-4-8-18-11/h4-5,8,10,13H,6-7,9H2,1-3H3,(H,16,17)/t10-,13+,15-/m0/s1. The summed E-state index contributed by atoms with van der Waals surface area (Å²) in [7, 11) is 0. The first-order chi connectivity index (χ1) is 8.43. The molecular weight excluding hydrogens is 242 g/mol. The highest BCUT2D eigenvalue weighted by atomic mass is 32.1. The fourth-order valence-electron chi connectivity index (χ4n) is 4.27. The van der Waals surface area contributed by atoms with E-state index in [1.165, 1.54) is 30.6 Å². The van der Waals surface area contributed by atoms with Crippen molar-refractivity contribution in [3.8, 4) is 0 Å². The van der Waals surface area contributed by atoms with Gasteiger partial charge in [0.1, 0.15) is 0 Å². The van der Waals surface area contributed by atoms with Gasteiger partial charge in [0.15, 0.2) is 0 Å². The minimum Gasteiger partial charge on any atom is -0.348 e. The van der Waals surface area contributed by atoms with Crippen molar-refractivity contribution in [3.63, 3.8) is 0 Å². The van der Waals surface area contributed by atoms with Gasteiger partial charge in [-0.1, -0.05) is 26.8 Å². The van der Waals surface area contributed by atoms with Crippen molar-refractivity contribution in [2.45, 2.75) is 46.1 Å². The number of rotatable bonds is 2. The van der Waals surface area contributed by atoms with Crippen molar-refractivity contribution in [2.75, 3.05) is 0 Å². The van der Waals surface area contributed by atoms with E-state index in [2.05, 4.69) is 26.1 Å². The molecule has 3 rings (SSSR count). The topological polar surface area (TPSA) is 29.1 Å². The summed E-state index contributed by atoms with van der Waals surface area (Å²) in [6.07, 6.45) is 3.86. The van der Waals surface area contributed by atoms with E-state index in [1.807, 2.05) is 17.5 Å². The van der Waals surface area contributed by atoms with E-state index in [0.29, 0.717) is 11.5 Å². The highest BCUT2D eigenvalue weighted by Crippen LogP contribution is 2.62. The summed E-state index contributed by atoms with van der Waals surface area (Å²) < 4.78 is 0. The molecule has 0 aromatic carbocycles. The molecule has 2 saturated carbocycles. The number of fused-ring (bicyclic) bond motifs is 2. The Labute approximate surface area is 113 Å². The minimum atomic E-state index is 0.108. The summed E-state index contributed by atoms with van der Waals surface area (Å²) >= 11 is 1.52. The van der Waals surface area contributed by atoms with Gasteiger partial charge in [-0.2, -0.15) is 0 Å². The summed E-state index contributed by atoms with van der Waals surface area (Å²) in [5.41, 5.74) is 0.543. The molecule has 1 aromatic rings. The SMILES string of the molecule is CC1(C)[C@H]2CC[C@@](C)(C2)[C@@H]1NC(=O)c1cccs1. The molecule has 3 heteroatoms. The number of hydrogen-bond donors (Lipinski definition) is 1. The van der Waals surface area contributed by atoms with Crippen molar-refractivity contribution in [1.29, 1.82) is 0 Å². The first-order valence-electron chi connectivity index (χ1n) is 6.78. The summed E-state index contributed by atoms with van der Waals surface area (Å²) in [6.45, 7) is 6.99. The van der Waals surface area contributed by atoms with Gasteiger partial charge in [-0.05, 0) is 47.5 Å². The van der Waals surface area contributed by atoms with Crippen LogP contribution in [0.1, 0.15) is 49.7 Å². The molecule has 18 heavy (non-hydrogen) atoms. The van der Waals surface area contributed by atoms with Crippen LogP contribution >= 0.6 is 11.3 Å². The van der Waals surface area contributed by atoms with Crippen LogP contribution in [0.4, 0.5) is 0 Å². The van der Waals surface area contributed by atoms with Crippen molar-refractivity contribution in [2.24, 2.45) is 16.7 Å². The number of carbonyl (C=O) groups excluding carboxylic acids is 1. The Bertz CT molecular complexity index is 460.